The first-order valence-electron chi connectivity index (χ1n) is 10.4. The highest BCUT2D eigenvalue weighted by Crippen LogP contribution is 2.36. The van der Waals surface area contributed by atoms with Crippen LogP contribution in [0.5, 0.6) is 11.5 Å². The predicted molar refractivity (Wildman–Crippen MR) is 136 cm³/mol. The fourth-order valence-electron chi connectivity index (χ4n) is 3.03. The van der Waals surface area contributed by atoms with Crippen molar-refractivity contribution in [3.05, 3.63) is 87.4 Å². The van der Waals surface area contributed by atoms with Crippen LogP contribution in [-0.4, -0.2) is 31.0 Å². The number of benzene rings is 3. The molecule has 0 spiro atoms. The molecule has 0 saturated heterocycles. The van der Waals surface area contributed by atoms with Crippen LogP contribution in [-0.2, 0) is 16.2 Å². The molecule has 3 amide bonds. The largest absolute Gasteiger partial charge is 0.493 e. The second-order valence-corrected chi connectivity index (χ2v) is 8.26. The Morgan fingerprint density at radius 2 is 1.80 bits per heavy atom. The molecule has 180 valence electrons. The fourth-order valence-corrected chi connectivity index (χ4v) is 3.61. The number of aryl methyl sites for hydroxylation is 1. The van der Waals surface area contributed by atoms with Crippen LogP contribution in [0.2, 0.25) is 0 Å². The molecule has 35 heavy (non-hydrogen) atoms. The van der Waals surface area contributed by atoms with Gasteiger partial charge in [-0.15, -0.1) is 0 Å². The Kier molecular flexibility index (Phi) is 8.58. The lowest BCUT2D eigenvalue weighted by atomic mass is 10.1. The summed E-state index contributed by atoms with van der Waals surface area (Å²) in [6, 6.07) is 17.2. The molecule has 10 heteroatoms. The van der Waals surface area contributed by atoms with Crippen molar-refractivity contribution in [2.75, 3.05) is 12.4 Å². The van der Waals surface area contributed by atoms with Gasteiger partial charge in [-0.25, -0.2) is 5.43 Å². The van der Waals surface area contributed by atoms with Crippen molar-refractivity contribution in [3.63, 3.8) is 0 Å². The van der Waals surface area contributed by atoms with Gasteiger partial charge < -0.3 is 20.5 Å². The second kappa shape index (κ2) is 11.8. The van der Waals surface area contributed by atoms with Crippen LogP contribution in [0, 0.1) is 6.92 Å². The van der Waals surface area contributed by atoms with E-state index < -0.39 is 17.7 Å². The number of hydrogen-bond donors (Lipinski definition) is 3. The molecule has 0 aliphatic carbocycles. The number of carbonyl (C=O) groups is 3. The third-order valence-electron chi connectivity index (χ3n) is 4.73. The third kappa shape index (κ3) is 7.15. The molecule has 0 aromatic heterocycles. The van der Waals surface area contributed by atoms with Crippen LogP contribution >= 0.6 is 15.9 Å². The van der Waals surface area contributed by atoms with E-state index in [-0.39, 0.29) is 5.56 Å². The summed E-state index contributed by atoms with van der Waals surface area (Å²) in [7, 11) is 1.52. The summed E-state index contributed by atoms with van der Waals surface area (Å²) in [6.45, 7) is 2.37. The Morgan fingerprint density at radius 3 is 2.46 bits per heavy atom. The average Bonchev–Trinajstić information content (AvgIpc) is 2.83. The van der Waals surface area contributed by atoms with E-state index in [1.54, 1.807) is 12.1 Å². The number of halogens is 1. The van der Waals surface area contributed by atoms with Crippen molar-refractivity contribution in [2.45, 2.75) is 13.5 Å². The number of primary amides is 1. The van der Waals surface area contributed by atoms with Gasteiger partial charge >= 0.3 is 11.8 Å². The summed E-state index contributed by atoms with van der Waals surface area (Å²) in [6.07, 6.45) is 1.37. The van der Waals surface area contributed by atoms with Crippen LogP contribution in [0.15, 0.2) is 70.2 Å². The first-order chi connectivity index (χ1) is 16.8. The topological polar surface area (TPSA) is 132 Å². The SMILES string of the molecule is COc1cc(/C=N/NC(=O)C(=O)Nc2ccc(C(N)=O)cc2)cc(Br)c1OCc1cccc(C)c1. The molecule has 3 rings (SSSR count). The number of anilines is 1. The zero-order valence-electron chi connectivity index (χ0n) is 19.0. The highest BCUT2D eigenvalue weighted by molar-refractivity contribution is 9.10. The minimum absolute atomic E-state index is 0.283. The van der Waals surface area contributed by atoms with E-state index in [4.69, 9.17) is 15.2 Å². The standard InChI is InChI=1S/C25H23BrN4O5/c1-15-4-3-5-16(10-15)14-35-22-20(26)11-17(12-21(22)34-2)13-28-30-25(33)24(32)29-19-8-6-18(7-9-19)23(27)31/h3-13H,14H2,1-2H3,(H2,27,31)(H,29,32)(H,30,33)/b28-13+. The molecular weight excluding hydrogens is 516 g/mol. The van der Waals surface area contributed by atoms with Gasteiger partial charge in [0.05, 0.1) is 17.8 Å². The Labute approximate surface area is 210 Å². The number of nitrogens with zero attached hydrogens (tertiary/aromatic N) is 1. The maximum atomic E-state index is 12.1. The molecule has 0 heterocycles. The predicted octanol–water partition coefficient (Wildman–Crippen LogP) is 3.53. The van der Waals surface area contributed by atoms with Crippen molar-refractivity contribution in [3.8, 4) is 11.5 Å². The van der Waals surface area contributed by atoms with Crippen LogP contribution in [0.3, 0.4) is 0 Å². The molecule has 0 atom stereocenters. The summed E-state index contributed by atoms with van der Waals surface area (Å²) in [5, 5.41) is 6.23. The molecule has 0 aliphatic heterocycles. The van der Waals surface area contributed by atoms with E-state index >= 15 is 0 Å². The summed E-state index contributed by atoms with van der Waals surface area (Å²) >= 11 is 3.47. The molecule has 4 N–H and O–H groups in total. The van der Waals surface area contributed by atoms with Gasteiger partial charge in [-0.2, -0.15) is 5.10 Å². The number of hydrogen-bond acceptors (Lipinski definition) is 6. The lowest BCUT2D eigenvalue weighted by molar-refractivity contribution is -0.136. The Morgan fingerprint density at radius 1 is 1.06 bits per heavy atom. The van der Waals surface area contributed by atoms with Crippen LogP contribution < -0.4 is 25.9 Å². The second-order valence-electron chi connectivity index (χ2n) is 7.41. The monoisotopic (exact) mass is 538 g/mol. The van der Waals surface area contributed by atoms with Crippen molar-refractivity contribution in [2.24, 2.45) is 10.8 Å². The van der Waals surface area contributed by atoms with Gasteiger partial charge in [-0.1, -0.05) is 29.8 Å². The molecule has 0 aliphatic rings. The fraction of sp³-hybridized carbons (Fsp3) is 0.120. The molecule has 9 nitrogen and oxygen atoms in total. The average molecular weight is 539 g/mol. The van der Waals surface area contributed by atoms with Gasteiger partial charge in [0.1, 0.15) is 6.61 Å². The smallest absolute Gasteiger partial charge is 0.329 e. The van der Waals surface area contributed by atoms with Gasteiger partial charge in [0.2, 0.25) is 5.91 Å². The number of rotatable bonds is 8. The summed E-state index contributed by atoms with van der Waals surface area (Å²) in [5.74, 6) is -1.49. The summed E-state index contributed by atoms with van der Waals surface area (Å²) in [5.41, 5.74) is 10.7. The van der Waals surface area contributed by atoms with Gasteiger partial charge in [0, 0.05) is 11.3 Å². The van der Waals surface area contributed by atoms with Gasteiger partial charge in [-0.05, 0) is 70.4 Å². The number of ether oxygens (including phenoxy) is 2. The quantitative estimate of drug-likeness (QED) is 0.229. The number of nitrogens with two attached hydrogens (primary N) is 1. The van der Waals surface area contributed by atoms with Gasteiger partial charge in [0.15, 0.2) is 11.5 Å². The van der Waals surface area contributed by atoms with Crippen LogP contribution in [0.1, 0.15) is 27.0 Å². The zero-order valence-corrected chi connectivity index (χ0v) is 20.6. The molecule has 0 radical (unpaired) electrons. The number of carbonyl (C=O) groups excluding carboxylic acids is 3. The number of hydrazone groups is 1. The van der Waals surface area contributed by atoms with E-state index in [2.05, 4.69) is 31.8 Å². The van der Waals surface area contributed by atoms with Gasteiger partial charge in [0.25, 0.3) is 0 Å². The van der Waals surface area contributed by atoms with E-state index in [1.807, 2.05) is 31.2 Å². The molecule has 0 bridgehead atoms. The van der Waals surface area contributed by atoms with E-state index in [9.17, 15) is 14.4 Å². The zero-order chi connectivity index (χ0) is 25.4. The third-order valence-corrected chi connectivity index (χ3v) is 5.32. The number of nitrogens with one attached hydrogen (secondary N) is 2. The highest BCUT2D eigenvalue weighted by atomic mass is 79.9. The Balaban J connectivity index is 1.60. The van der Waals surface area contributed by atoms with Crippen molar-refractivity contribution >= 4 is 45.6 Å². The van der Waals surface area contributed by atoms with Crippen molar-refractivity contribution in [1.29, 1.82) is 0 Å². The number of amides is 3. The lowest BCUT2D eigenvalue weighted by Crippen LogP contribution is -2.32. The number of methoxy groups -OCH3 is 1. The minimum atomic E-state index is -0.968. The van der Waals surface area contributed by atoms with Crippen LogP contribution in [0.4, 0.5) is 5.69 Å². The normalized spacial score (nSPS) is 10.6. The maximum Gasteiger partial charge on any atom is 0.329 e. The van der Waals surface area contributed by atoms with Gasteiger partial charge in [-0.3, -0.25) is 14.4 Å². The molecule has 0 unspecified atom stereocenters. The summed E-state index contributed by atoms with van der Waals surface area (Å²) in [4.78, 5) is 35.2. The maximum absolute atomic E-state index is 12.1. The Bertz CT molecular complexity index is 1280. The molecule has 0 fully saturated rings. The minimum Gasteiger partial charge on any atom is -0.493 e. The molecule has 3 aromatic carbocycles. The highest BCUT2D eigenvalue weighted by Gasteiger charge is 2.14. The lowest BCUT2D eigenvalue weighted by Gasteiger charge is -2.14. The van der Waals surface area contributed by atoms with E-state index in [0.717, 1.165) is 11.1 Å². The first kappa shape index (κ1) is 25.4. The van der Waals surface area contributed by atoms with Crippen molar-refractivity contribution in [1.82, 2.24) is 5.43 Å². The molecule has 0 saturated carbocycles. The molecular formula is C25H23BrN4O5. The van der Waals surface area contributed by atoms with E-state index in [1.165, 1.54) is 37.6 Å². The molecule has 3 aromatic rings. The van der Waals surface area contributed by atoms with Crippen molar-refractivity contribution < 1.29 is 23.9 Å². The summed E-state index contributed by atoms with van der Waals surface area (Å²) < 4.78 is 12.0. The van der Waals surface area contributed by atoms with E-state index in [0.29, 0.717) is 33.8 Å². The van der Waals surface area contributed by atoms with Crippen LogP contribution in [0.25, 0.3) is 0 Å². The Hall–Kier alpha value is -4.18. The first-order valence-corrected chi connectivity index (χ1v) is 11.2.